The average Bonchev–Trinajstić information content (AvgIpc) is 3.46. The summed E-state index contributed by atoms with van der Waals surface area (Å²) < 4.78 is 0. The Morgan fingerprint density at radius 2 is 1.70 bits per heavy atom. The lowest BCUT2D eigenvalue weighted by atomic mass is 9.90. The van der Waals surface area contributed by atoms with E-state index >= 15 is 0 Å². The molecule has 0 aliphatic heterocycles. The Balaban J connectivity index is 1.14. The molecule has 5 aromatic rings. The number of aromatic amines is 1. The molecular weight excluding hydrogens is 542 g/mol. The molecule has 0 amide bonds. The van der Waals surface area contributed by atoms with Crippen LogP contribution in [0.3, 0.4) is 0 Å². The molecule has 0 radical (unpaired) electrons. The fourth-order valence-corrected chi connectivity index (χ4v) is 6.13. The van der Waals surface area contributed by atoms with Crippen molar-refractivity contribution in [3.05, 3.63) is 137 Å². The number of nitrogens with zero attached hydrogens (tertiary/aromatic N) is 4. The van der Waals surface area contributed by atoms with E-state index < -0.39 is 0 Å². The zero-order valence-corrected chi connectivity index (χ0v) is 25.6. The molecule has 0 saturated heterocycles. The molecule has 7 heteroatoms. The maximum atomic E-state index is 6.25. The predicted molar refractivity (Wildman–Crippen MR) is 180 cm³/mol. The van der Waals surface area contributed by atoms with Crippen LogP contribution >= 0.6 is 0 Å². The number of nitrogens with one attached hydrogen (secondary N) is 2. The summed E-state index contributed by atoms with van der Waals surface area (Å²) in [7, 11) is 0. The Morgan fingerprint density at radius 1 is 0.932 bits per heavy atom. The van der Waals surface area contributed by atoms with Gasteiger partial charge in [-0.2, -0.15) is 0 Å². The second-order valence-electron chi connectivity index (χ2n) is 11.7. The monoisotopic (exact) mass is 583 g/mol. The van der Waals surface area contributed by atoms with Crippen molar-refractivity contribution in [1.82, 2.24) is 25.2 Å². The first kappa shape index (κ1) is 29.5. The summed E-state index contributed by atoms with van der Waals surface area (Å²) in [5.74, 6) is 0.986. The topological polar surface area (TPSA) is 95.2 Å². The molecule has 0 fully saturated rings. The number of imidazole rings is 1. The summed E-state index contributed by atoms with van der Waals surface area (Å²) in [6.07, 6.45) is 5.28. The number of para-hydroxylation sites is 3. The van der Waals surface area contributed by atoms with Gasteiger partial charge in [-0.05, 0) is 80.1 Å². The van der Waals surface area contributed by atoms with Crippen LogP contribution in [0.4, 0.5) is 5.69 Å². The van der Waals surface area contributed by atoms with E-state index in [0.717, 1.165) is 72.0 Å². The molecule has 0 spiro atoms. The molecule has 3 aromatic carbocycles. The second-order valence-corrected chi connectivity index (χ2v) is 11.7. The van der Waals surface area contributed by atoms with Crippen LogP contribution in [-0.2, 0) is 26.1 Å². The molecular formula is C37H41N7. The van der Waals surface area contributed by atoms with Crippen molar-refractivity contribution < 1.29 is 0 Å². The van der Waals surface area contributed by atoms with E-state index in [9.17, 15) is 0 Å². The van der Waals surface area contributed by atoms with Gasteiger partial charge in [0.05, 0.1) is 35.0 Å². The summed E-state index contributed by atoms with van der Waals surface area (Å²) in [6.45, 7) is 6.92. The van der Waals surface area contributed by atoms with Gasteiger partial charge in [0.2, 0.25) is 0 Å². The van der Waals surface area contributed by atoms with Crippen molar-refractivity contribution in [3.8, 4) is 0 Å². The molecule has 1 unspecified atom stereocenters. The molecule has 6 rings (SSSR count). The minimum atomic E-state index is 0.250. The number of allylic oxidation sites excluding steroid dienone is 1. The summed E-state index contributed by atoms with van der Waals surface area (Å²) in [4.78, 5) is 20.6. The van der Waals surface area contributed by atoms with E-state index in [0.29, 0.717) is 6.54 Å². The third kappa shape index (κ3) is 7.13. The van der Waals surface area contributed by atoms with Gasteiger partial charge in [0.25, 0.3) is 0 Å². The van der Waals surface area contributed by atoms with Crippen LogP contribution in [0, 0.1) is 0 Å². The lowest BCUT2D eigenvalue weighted by molar-refractivity contribution is 0.153. The number of aryl methyl sites for hydroxylation is 1. The van der Waals surface area contributed by atoms with Crippen LogP contribution in [0.25, 0.3) is 11.0 Å². The maximum Gasteiger partial charge on any atom is 0.121 e. The molecule has 44 heavy (non-hydrogen) atoms. The number of H-pyrrole nitrogens is 1. The number of pyridine rings is 1. The maximum absolute atomic E-state index is 6.25. The zero-order chi connectivity index (χ0) is 30.3. The number of fused-ring (bicyclic) bond motifs is 2. The SMILES string of the molecule is CC(=Nc1ccccc1)C(CNCc1ccc(CN(Cc2nc3ccccc3[nH]2)C2CCCc3cccnc32)cc1)=C(C)N. The first-order valence-electron chi connectivity index (χ1n) is 15.5. The summed E-state index contributed by atoms with van der Waals surface area (Å²) >= 11 is 0. The zero-order valence-electron chi connectivity index (χ0n) is 25.6. The van der Waals surface area contributed by atoms with E-state index in [2.05, 4.69) is 63.7 Å². The van der Waals surface area contributed by atoms with Gasteiger partial charge < -0.3 is 16.0 Å². The Bertz CT molecular complexity index is 1720. The average molecular weight is 584 g/mol. The van der Waals surface area contributed by atoms with Crippen LogP contribution in [0.15, 0.2) is 113 Å². The minimum Gasteiger partial charge on any atom is -0.402 e. The van der Waals surface area contributed by atoms with Gasteiger partial charge in [0.15, 0.2) is 0 Å². The molecule has 224 valence electrons. The molecule has 7 nitrogen and oxygen atoms in total. The summed E-state index contributed by atoms with van der Waals surface area (Å²) in [5, 5.41) is 3.57. The van der Waals surface area contributed by atoms with Crippen LogP contribution in [-0.4, -0.2) is 32.1 Å². The standard InChI is InChI=1S/C37H41N7/c1-26(38)32(27(2)41-31-12-4-3-5-13-31)23-39-22-28-17-19-29(20-18-28)24-44(25-36-42-33-14-6-7-15-34(33)43-36)35-16-8-10-30-11-9-21-40-37(30)35/h3-7,9,11-15,17-21,35,39H,8,10,16,22-25,38H2,1-2H3,(H,42,43). The fourth-order valence-electron chi connectivity index (χ4n) is 6.13. The molecule has 1 aliphatic rings. The number of rotatable bonds is 11. The number of hydrogen-bond donors (Lipinski definition) is 3. The number of benzene rings is 3. The van der Waals surface area contributed by atoms with Crippen molar-refractivity contribution >= 4 is 22.4 Å². The van der Waals surface area contributed by atoms with Gasteiger partial charge in [-0.25, -0.2) is 4.98 Å². The molecule has 2 aromatic heterocycles. The Labute approximate surface area is 260 Å². The largest absolute Gasteiger partial charge is 0.402 e. The normalized spacial score (nSPS) is 15.8. The van der Waals surface area contributed by atoms with Crippen LogP contribution in [0.2, 0.25) is 0 Å². The Kier molecular flexibility index (Phi) is 9.25. The van der Waals surface area contributed by atoms with Gasteiger partial charge >= 0.3 is 0 Å². The van der Waals surface area contributed by atoms with E-state index in [1.54, 1.807) is 0 Å². The smallest absolute Gasteiger partial charge is 0.121 e. The van der Waals surface area contributed by atoms with Crippen molar-refractivity contribution in [2.45, 2.75) is 58.8 Å². The highest BCUT2D eigenvalue weighted by Gasteiger charge is 2.28. The van der Waals surface area contributed by atoms with E-state index in [1.807, 2.05) is 62.5 Å². The quantitative estimate of drug-likeness (QED) is 0.144. The van der Waals surface area contributed by atoms with Crippen LogP contribution < -0.4 is 11.1 Å². The van der Waals surface area contributed by atoms with Gasteiger partial charge in [0, 0.05) is 42.8 Å². The lowest BCUT2D eigenvalue weighted by Gasteiger charge is -2.34. The highest BCUT2D eigenvalue weighted by atomic mass is 15.2. The highest BCUT2D eigenvalue weighted by molar-refractivity contribution is 6.00. The Hall–Kier alpha value is -4.59. The third-order valence-electron chi connectivity index (χ3n) is 8.40. The third-order valence-corrected chi connectivity index (χ3v) is 8.40. The number of aliphatic imine (C=N–C) groups is 1. The molecule has 0 saturated carbocycles. The first-order valence-corrected chi connectivity index (χ1v) is 15.5. The van der Waals surface area contributed by atoms with E-state index in [1.165, 1.54) is 28.8 Å². The van der Waals surface area contributed by atoms with Crippen molar-refractivity contribution in [3.63, 3.8) is 0 Å². The fraction of sp³-hybridized carbons (Fsp3) is 0.270. The molecule has 0 bridgehead atoms. The molecule has 1 aliphatic carbocycles. The summed E-state index contributed by atoms with van der Waals surface area (Å²) in [6, 6.07) is 31.7. The number of hydrogen-bond acceptors (Lipinski definition) is 6. The highest BCUT2D eigenvalue weighted by Crippen LogP contribution is 2.34. The first-order chi connectivity index (χ1) is 21.5. The van der Waals surface area contributed by atoms with Gasteiger partial charge in [-0.3, -0.25) is 14.9 Å². The van der Waals surface area contributed by atoms with E-state index in [-0.39, 0.29) is 6.04 Å². The minimum absolute atomic E-state index is 0.250. The van der Waals surface area contributed by atoms with E-state index in [4.69, 9.17) is 20.7 Å². The van der Waals surface area contributed by atoms with Crippen LogP contribution in [0.1, 0.15) is 60.9 Å². The van der Waals surface area contributed by atoms with Gasteiger partial charge in [0.1, 0.15) is 5.82 Å². The molecule has 2 heterocycles. The lowest BCUT2D eigenvalue weighted by Crippen LogP contribution is -2.31. The second kappa shape index (κ2) is 13.8. The van der Waals surface area contributed by atoms with Crippen molar-refractivity contribution in [1.29, 1.82) is 0 Å². The molecule has 1 atom stereocenters. The number of nitrogens with two attached hydrogens (primary N) is 1. The van der Waals surface area contributed by atoms with Crippen LogP contribution in [0.5, 0.6) is 0 Å². The van der Waals surface area contributed by atoms with Crippen molar-refractivity contribution in [2.24, 2.45) is 10.7 Å². The van der Waals surface area contributed by atoms with Gasteiger partial charge in [-0.1, -0.05) is 60.7 Å². The van der Waals surface area contributed by atoms with Crippen molar-refractivity contribution in [2.75, 3.05) is 6.54 Å². The van der Waals surface area contributed by atoms with Gasteiger partial charge in [-0.15, -0.1) is 0 Å². The summed E-state index contributed by atoms with van der Waals surface area (Å²) in [5.41, 5.74) is 17.1. The number of aromatic nitrogens is 3. The molecule has 4 N–H and O–H groups in total. The Morgan fingerprint density at radius 3 is 2.50 bits per heavy atom. The predicted octanol–water partition coefficient (Wildman–Crippen LogP) is 7.15.